The van der Waals surface area contributed by atoms with E-state index < -0.39 is 28.7 Å². The van der Waals surface area contributed by atoms with E-state index in [1.807, 2.05) is 13.8 Å². The highest BCUT2D eigenvalue weighted by Gasteiger charge is 2.34. The average Bonchev–Trinajstić information content (AvgIpc) is 2.80. The maximum Gasteiger partial charge on any atom is 0.333 e. The van der Waals surface area contributed by atoms with Gasteiger partial charge in [-0.05, 0) is 33.6 Å². The molecule has 190 valence electrons. The quantitative estimate of drug-likeness (QED) is 0.197. The normalized spacial score (nSPS) is 10.9. The van der Waals surface area contributed by atoms with E-state index in [0.29, 0.717) is 12.8 Å². The molecule has 0 saturated heterocycles. The van der Waals surface area contributed by atoms with Gasteiger partial charge in [0, 0.05) is 22.1 Å². The second-order valence-corrected chi connectivity index (χ2v) is 8.25. The van der Waals surface area contributed by atoms with E-state index in [4.69, 9.17) is 29.5 Å². The molecule has 9 heteroatoms. The zero-order valence-corrected chi connectivity index (χ0v) is 20.6. The van der Waals surface area contributed by atoms with Crippen LogP contribution in [0.25, 0.3) is 0 Å². The van der Waals surface area contributed by atoms with Crippen LogP contribution in [-0.4, -0.2) is 72.9 Å². The van der Waals surface area contributed by atoms with Gasteiger partial charge in [0.05, 0.1) is 25.2 Å². The molecule has 9 nitrogen and oxygen atoms in total. The van der Waals surface area contributed by atoms with Gasteiger partial charge in [0.1, 0.15) is 19.8 Å². The summed E-state index contributed by atoms with van der Waals surface area (Å²) in [5, 5.41) is 26.0. The Labute approximate surface area is 196 Å². The number of aliphatic hydroxyl groups excluding tert-OH is 3. The SMILES string of the molecule is C=C(C)C(=O)OCC(CC)(COC(=O)C(=C)C)COC(=O)C(=C)C.CCC(CO)(CO)CO. The third-order valence-corrected chi connectivity index (χ3v) is 5.08. The summed E-state index contributed by atoms with van der Waals surface area (Å²) in [4.78, 5) is 34.9. The largest absolute Gasteiger partial charge is 0.461 e. The summed E-state index contributed by atoms with van der Waals surface area (Å²) in [6.07, 6.45) is 1.04. The van der Waals surface area contributed by atoms with Crippen LogP contribution in [-0.2, 0) is 28.6 Å². The summed E-state index contributed by atoms with van der Waals surface area (Å²) in [6.45, 7) is 18.0. The Morgan fingerprint density at radius 2 is 0.848 bits per heavy atom. The molecule has 0 spiro atoms. The Morgan fingerprint density at radius 1 is 0.606 bits per heavy atom. The van der Waals surface area contributed by atoms with Crippen LogP contribution in [0.2, 0.25) is 0 Å². The molecule has 0 amide bonds. The first kappa shape index (κ1) is 32.7. The van der Waals surface area contributed by atoms with E-state index in [9.17, 15) is 14.4 Å². The number of carbonyl (C=O) groups excluding carboxylic acids is 3. The zero-order chi connectivity index (χ0) is 26.2. The van der Waals surface area contributed by atoms with Gasteiger partial charge in [-0.2, -0.15) is 0 Å². The lowest BCUT2D eigenvalue weighted by molar-refractivity contribution is -0.157. The summed E-state index contributed by atoms with van der Waals surface area (Å²) in [6, 6.07) is 0. The third kappa shape index (κ3) is 12.4. The van der Waals surface area contributed by atoms with E-state index in [-0.39, 0.29) is 56.4 Å². The second kappa shape index (κ2) is 16.2. The van der Waals surface area contributed by atoms with Gasteiger partial charge in [0.25, 0.3) is 0 Å². The smallest absolute Gasteiger partial charge is 0.333 e. The van der Waals surface area contributed by atoms with Crippen LogP contribution in [0, 0.1) is 10.8 Å². The molecule has 0 saturated carbocycles. The lowest BCUT2D eigenvalue weighted by atomic mass is 9.88. The summed E-state index contributed by atoms with van der Waals surface area (Å²) in [5.74, 6) is -1.69. The van der Waals surface area contributed by atoms with Gasteiger partial charge in [-0.1, -0.05) is 33.6 Å². The van der Waals surface area contributed by atoms with E-state index in [1.54, 1.807) is 0 Å². The zero-order valence-electron chi connectivity index (χ0n) is 20.6. The molecule has 0 unspecified atom stereocenters. The Hall–Kier alpha value is -2.49. The van der Waals surface area contributed by atoms with Crippen LogP contribution in [0.15, 0.2) is 36.5 Å². The van der Waals surface area contributed by atoms with Crippen molar-refractivity contribution >= 4 is 17.9 Å². The van der Waals surface area contributed by atoms with Crippen LogP contribution >= 0.6 is 0 Å². The minimum absolute atomic E-state index is 0.0812. The third-order valence-electron chi connectivity index (χ3n) is 5.08. The Morgan fingerprint density at radius 3 is 0.970 bits per heavy atom. The highest BCUT2D eigenvalue weighted by molar-refractivity contribution is 5.88. The molecule has 33 heavy (non-hydrogen) atoms. The van der Waals surface area contributed by atoms with Crippen molar-refractivity contribution in [3.8, 4) is 0 Å². The van der Waals surface area contributed by atoms with Crippen molar-refractivity contribution in [2.45, 2.75) is 47.5 Å². The number of aliphatic hydroxyl groups is 3. The average molecular weight is 473 g/mol. The van der Waals surface area contributed by atoms with Crippen LogP contribution in [0.1, 0.15) is 47.5 Å². The molecule has 0 aromatic heterocycles. The van der Waals surface area contributed by atoms with Crippen LogP contribution in [0.5, 0.6) is 0 Å². The van der Waals surface area contributed by atoms with Gasteiger partial charge in [0.15, 0.2) is 0 Å². The van der Waals surface area contributed by atoms with Crippen LogP contribution < -0.4 is 0 Å². The van der Waals surface area contributed by atoms with Gasteiger partial charge in [-0.25, -0.2) is 14.4 Å². The summed E-state index contributed by atoms with van der Waals surface area (Å²) in [5.41, 5.74) is -0.782. The Kier molecular flexibility index (Phi) is 16.0. The van der Waals surface area contributed by atoms with Gasteiger partial charge >= 0.3 is 17.9 Å². The lowest BCUT2D eigenvalue weighted by Crippen LogP contribution is -2.39. The molecule has 0 aliphatic rings. The number of esters is 3. The van der Waals surface area contributed by atoms with Crippen molar-refractivity contribution in [2.24, 2.45) is 10.8 Å². The van der Waals surface area contributed by atoms with Crippen LogP contribution in [0.4, 0.5) is 0 Å². The maximum atomic E-state index is 11.6. The van der Waals surface area contributed by atoms with Crippen molar-refractivity contribution < 1.29 is 43.9 Å². The molecule has 3 N–H and O–H groups in total. The van der Waals surface area contributed by atoms with Crippen molar-refractivity contribution in [3.63, 3.8) is 0 Å². The standard InChI is InChI=1S/C18H26O6.C6H14O3/c1-8-18(9-22-15(19)12(2)3,10-23-16(20)13(4)5)11-24-17(21)14(6)7;1-2-6(3-7,4-8)5-9/h2,4,6,8-11H2,1,3,5,7H3;7-9H,2-5H2,1H3. The summed E-state index contributed by atoms with van der Waals surface area (Å²) >= 11 is 0. The molecule has 0 rings (SSSR count). The number of carbonyl (C=O) groups is 3. The summed E-state index contributed by atoms with van der Waals surface area (Å²) in [7, 11) is 0. The van der Waals surface area contributed by atoms with Gasteiger partial charge in [0.2, 0.25) is 0 Å². The van der Waals surface area contributed by atoms with Crippen molar-refractivity contribution in [1.82, 2.24) is 0 Å². The molecule has 0 atom stereocenters. The first-order valence-corrected chi connectivity index (χ1v) is 10.6. The fraction of sp³-hybridized carbons (Fsp3) is 0.625. The molecule has 0 heterocycles. The fourth-order valence-electron chi connectivity index (χ4n) is 1.94. The molecule has 0 radical (unpaired) electrons. The van der Waals surface area contributed by atoms with Crippen molar-refractivity contribution in [1.29, 1.82) is 0 Å². The van der Waals surface area contributed by atoms with Crippen molar-refractivity contribution in [2.75, 3.05) is 39.6 Å². The van der Waals surface area contributed by atoms with Gasteiger partial charge in [-0.3, -0.25) is 0 Å². The Bertz CT molecular complexity index is 598. The maximum absolute atomic E-state index is 11.6. The number of rotatable bonds is 14. The van der Waals surface area contributed by atoms with E-state index >= 15 is 0 Å². The lowest BCUT2D eigenvalue weighted by Gasteiger charge is -2.31. The first-order chi connectivity index (χ1) is 15.3. The monoisotopic (exact) mass is 472 g/mol. The molecule has 0 aliphatic carbocycles. The first-order valence-electron chi connectivity index (χ1n) is 10.6. The van der Waals surface area contributed by atoms with Gasteiger partial charge in [-0.15, -0.1) is 0 Å². The molecule has 0 fully saturated rings. The fourth-order valence-corrected chi connectivity index (χ4v) is 1.94. The number of ether oxygens (including phenoxy) is 3. The van der Waals surface area contributed by atoms with Crippen molar-refractivity contribution in [3.05, 3.63) is 36.5 Å². The topological polar surface area (TPSA) is 140 Å². The molecule has 0 aromatic carbocycles. The van der Waals surface area contributed by atoms with Crippen LogP contribution in [0.3, 0.4) is 0 Å². The predicted molar refractivity (Wildman–Crippen MR) is 124 cm³/mol. The minimum Gasteiger partial charge on any atom is -0.461 e. The predicted octanol–water partition coefficient (Wildman–Crippen LogP) is 2.10. The number of hydrogen-bond donors (Lipinski definition) is 3. The molecule has 0 aliphatic heterocycles. The number of hydrogen-bond acceptors (Lipinski definition) is 9. The highest BCUT2D eigenvalue weighted by atomic mass is 16.6. The highest BCUT2D eigenvalue weighted by Crippen LogP contribution is 2.25. The van der Waals surface area contributed by atoms with E-state index in [2.05, 4.69) is 19.7 Å². The second-order valence-electron chi connectivity index (χ2n) is 8.25. The molecule has 0 bridgehead atoms. The molecular formula is C24H40O9. The summed E-state index contributed by atoms with van der Waals surface area (Å²) < 4.78 is 15.5. The van der Waals surface area contributed by atoms with Gasteiger partial charge < -0.3 is 29.5 Å². The Balaban J connectivity index is 0. The van der Waals surface area contributed by atoms with E-state index in [0.717, 1.165) is 0 Å². The minimum atomic E-state index is -0.860. The molecule has 0 aromatic rings. The van der Waals surface area contributed by atoms with E-state index in [1.165, 1.54) is 20.8 Å². The molecular weight excluding hydrogens is 432 g/mol.